The summed E-state index contributed by atoms with van der Waals surface area (Å²) < 4.78 is 12.3. The van der Waals surface area contributed by atoms with Gasteiger partial charge >= 0.3 is 11.9 Å². The maximum atomic E-state index is 10.7. The molecule has 0 aliphatic rings. The van der Waals surface area contributed by atoms with Gasteiger partial charge in [0.15, 0.2) is 0 Å². The van der Waals surface area contributed by atoms with Gasteiger partial charge in [0.05, 0.1) is 10.0 Å². The lowest BCUT2D eigenvalue weighted by Crippen LogP contribution is -2.15. The molecule has 0 amide bonds. The zero-order chi connectivity index (χ0) is 34.5. The predicted molar refractivity (Wildman–Crippen MR) is 190 cm³/mol. The van der Waals surface area contributed by atoms with Crippen molar-refractivity contribution in [3.8, 4) is 22.6 Å². The molecule has 4 aromatic carbocycles. The Labute approximate surface area is 292 Å². The van der Waals surface area contributed by atoms with E-state index in [1.807, 2.05) is 48.5 Å². The molecule has 4 N–H and O–H groups in total. The van der Waals surface area contributed by atoms with Crippen molar-refractivity contribution in [3.05, 3.63) is 116 Å². The van der Waals surface area contributed by atoms with E-state index in [4.69, 9.17) is 42.9 Å². The molecule has 0 fully saturated rings. The number of aliphatic carboxylic acids is 2. The molecule has 0 aliphatic heterocycles. The van der Waals surface area contributed by atoms with E-state index in [9.17, 15) is 9.59 Å². The third kappa shape index (κ3) is 11.0. The fraction of sp³-hybridized carbons (Fsp3) is 0.316. The van der Waals surface area contributed by atoms with Gasteiger partial charge in [-0.15, -0.1) is 0 Å². The zero-order valence-electron chi connectivity index (χ0n) is 27.3. The monoisotopic (exact) mass is 692 g/mol. The molecular weight excluding hydrogens is 651 g/mol. The van der Waals surface area contributed by atoms with Crippen LogP contribution in [0.2, 0.25) is 10.0 Å². The molecule has 0 spiro atoms. The number of carboxylic acid groups (broad SMARTS) is 2. The van der Waals surface area contributed by atoms with E-state index >= 15 is 0 Å². The molecule has 0 aromatic heterocycles. The van der Waals surface area contributed by atoms with Crippen LogP contribution in [0.3, 0.4) is 0 Å². The molecule has 0 unspecified atom stereocenters. The average molecular weight is 694 g/mol. The Balaban J connectivity index is 1.35. The van der Waals surface area contributed by atoms with E-state index in [1.54, 1.807) is 0 Å². The van der Waals surface area contributed by atoms with Crippen molar-refractivity contribution < 1.29 is 29.3 Å². The van der Waals surface area contributed by atoms with Gasteiger partial charge in [0.25, 0.3) is 0 Å². The van der Waals surface area contributed by atoms with Crippen LogP contribution in [0.1, 0.15) is 59.1 Å². The summed E-state index contributed by atoms with van der Waals surface area (Å²) >= 11 is 13.1. The van der Waals surface area contributed by atoms with Crippen molar-refractivity contribution in [1.82, 2.24) is 10.6 Å². The predicted octanol–water partition coefficient (Wildman–Crippen LogP) is 8.34. The number of halogens is 2. The van der Waals surface area contributed by atoms with Crippen molar-refractivity contribution in [2.75, 3.05) is 13.1 Å². The smallest absolute Gasteiger partial charge is 0.303 e. The molecule has 48 heavy (non-hydrogen) atoms. The maximum Gasteiger partial charge on any atom is 0.303 e. The van der Waals surface area contributed by atoms with E-state index in [1.165, 1.54) is 0 Å². The molecule has 0 saturated heterocycles. The first kappa shape index (κ1) is 36.8. The Morgan fingerprint density at radius 1 is 0.646 bits per heavy atom. The van der Waals surface area contributed by atoms with Crippen molar-refractivity contribution in [3.63, 3.8) is 0 Å². The van der Waals surface area contributed by atoms with Gasteiger partial charge in [-0.1, -0.05) is 71.7 Å². The molecule has 0 radical (unpaired) electrons. The van der Waals surface area contributed by atoms with Gasteiger partial charge in [0.1, 0.15) is 24.7 Å². The number of ether oxygens (including phenoxy) is 2. The quantitative estimate of drug-likeness (QED) is 0.0725. The molecule has 4 aromatic rings. The number of hydrogen-bond donors (Lipinski definition) is 4. The van der Waals surface area contributed by atoms with E-state index in [0.717, 1.165) is 44.5 Å². The van der Waals surface area contributed by atoms with Gasteiger partial charge in [-0.2, -0.15) is 0 Å². The molecule has 10 heteroatoms. The van der Waals surface area contributed by atoms with Crippen LogP contribution in [0.4, 0.5) is 0 Å². The number of hydrogen-bond acceptors (Lipinski definition) is 6. The van der Waals surface area contributed by atoms with E-state index in [2.05, 4.69) is 48.7 Å². The lowest BCUT2D eigenvalue weighted by molar-refractivity contribution is -0.138. The van der Waals surface area contributed by atoms with Crippen LogP contribution >= 0.6 is 23.2 Å². The standard InChI is InChI=1S/C38H42Cl2N2O6/c1-25-29(23-47-35-15-13-27(19-33(35)39)21-41-17-5-11-37(43)44)7-3-9-31(25)32-10-4-8-30(26(32)2)24-48-36-16-14-28(20-34(36)40)22-42-18-6-12-38(45)46/h3-4,7-10,13-16,19-20,41-42H,5-6,11-12,17-18,21-24H2,1-2H3,(H,43,44)(H,45,46). The second kappa shape index (κ2) is 18.5. The van der Waals surface area contributed by atoms with Crippen LogP contribution < -0.4 is 20.1 Å². The minimum Gasteiger partial charge on any atom is -0.487 e. The van der Waals surface area contributed by atoms with Crippen molar-refractivity contribution in [2.45, 2.75) is 65.8 Å². The molecule has 0 heterocycles. The van der Waals surface area contributed by atoms with Crippen LogP contribution in [0.5, 0.6) is 11.5 Å². The van der Waals surface area contributed by atoms with Crippen molar-refractivity contribution >= 4 is 35.1 Å². The Kier molecular flexibility index (Phi) is 14.1. The van der Waals surface area contributed by atoms with Gasteiger partial charge < -0.3 is 30.3 Å². The number of benzene rings is 4. The normalized spacial score (nSPS) is 11.0. The van der Waals surface area contributed by atoms with Crippen molar-refractivity contribution in [1.29, 1.82) is 0 Å². The summed E-state index contributed by atoms with van der Waals surface area (Å²) in [6, 6.07) is 23.8. The highest BCUT2D eigenvalue weighted by Crippen LogP contribution is 2.33. The van der Waals surface area contributed by atoms with Gasteiger partial charge in [0, 0.05) is 25.9 Å². The van der Waals surface area contributed by atoms with E-state index in [-0.39, 0.29) is 12.8 Å². The SMILES string of the molecule is Cc1c(COc2ccc(CNCCCC(=O)O)cc2Cl)cccc1-c1cccc(COc2ccc(CNCCCC(=O)O)cc2Cl)c1C. The van der Waals surface area contributed by atoms with E-state index in [0.29, 0.717) is 73.8 Å². The van der Waals surface area contributed by atoms with Crippen LogP contribution in [0, 0.1) is 13.8 Å². The summed E-state index contributed by atoms with van der Waals surface area (Å²) in [6.45, 7) is 7.35. The molecule has 0 saturated carbocycles. The summed E-state index contributed by atoms with van der Waals surface area (Å²) in [5, 5.41) is 25.1. The lowest BCUT2D eigenvalue weighted by Gasteiger charge is -2.17. The Morgan fingerprint density at radius 3 is 1.44 bits per heavy atom. The summed E-state index contributed by atoms with van der Waals surface area (Å²) in [5.74, 6) is -0.381. The number of carboxylic acids is 2. The highest BCUT2D eigenvalue weighted by atomic mass is 35.5. The van der Waals surface area contributed by atoms with Crippen molar-refractivity contribution in [2.24, 2.45) is 0 Å². The third-order valence-corrected chi connectivity index (χ3v) is 8.68. The van der Waals surface area contributed by atoms with Crippen LogP contribution in [-0.2, 0) is 35.9 Å². The number of rotatable bonds is 19. The van der Waals surface area contributed by atoms with E-state index < -0.39 is 11.9 Å². The van der Waals surface area contributed by atoms with Gasteiger partial charge in [0.2, 0.25) is 0 Å². The summed E-state index contributed by atoms with van der Waals surface area (Å²) in [7, 11) is 0. The lowest BCUT2D eigenvalue weighted by atomic mass is 9.92. The number of carbonyl (C=O) groups is 2. The first-order valence-electron chi connectivity index (χ1n) is 16.0. The Hall–Kier alpha value is -4.08. The maximum absolute atomic E-state index is 10.7. The minimum atomic E-state index is -0.792. The van der Waals surface area contributed by atoms with Crippen LogP contribution in [-0.4, -0.2) is 35.2 Å². The molecule has 4 rings (SSSR count). The van der Waals surface area contributed by atoms with Crippen LogP contribution in [0.25, 0.3) is 11.1 Å². The Morgan fingerprint density at radius 2 is 1.06 bits per heavy atom. The molecule has 0 atom stereocenters. The summed E-state index contributed by atoms with van der Waals surface area (Å²) in [6.07, 6.45) is 1.44. The fourth-order valence-corrected chi connectivity index (χ4v) is 5.83. The zero-order valence-corrected chi connectivity index (χ0v) is 28.8. The molecule has 254 valence electrons. The van der Waals surface area contributed by atoms with Gasteiger partial charge in [-0.3, -0.25) is 9.59 Å². The molecular formula is C38H42Cl2N2O6. The highest BCUT2D eigenvalue weighted by molar-refractivity contribution is 6.32. The summed E-state index contributed by atoms with van der Waals surface area (Å²) in [4.78, 5) is 21.3. The molecule has 8 nitrogen and oxygen atoms in total. The van der Waals surface area contributed by atoms with Gasteiger partial charge in [-0.05, 0) is 109 Å². The minimum absolute atomic E-state index is 0.145. The fourth-order valence-electron chi connectivity index (χ4n) is 5.31. The third-order valence-electron chi connectivity index (χ3n) is 8.09. The average Bonchev–Trinajstić information content (AvgIpc) is 3.05. The molecule has 0 bridgehead atoms. The summed E-state index contributed by atoms with van der Waals surface area (Å²) in [5.41, 5.74) is 8.57. The van der Waals surface area contributed by atoms with Crippen LogP contribution in [0.15, 0.2) is 72.8 Å². The number of nitrogens with one attached hydrogen (secondary N) is 2. The molecule has 0 aliphatic carbocycles. The largest absolute Gasteiger partial charge is 0.487 e. The Bertz CT molecular complexity index is 1590. The second-order valence-corrected chi connectivity index (χ2v) is 12.4. The van der Waals surface area contributed by atoms with Gasteiger partial charge in [-0.25, -0.2) is 0 Å². The first-order chi connectivity index (χ1) is 23.1. The second-order valence-electron chi connectivity index (χ2n) is 11.6. The topological polar surface area (TPSA) is 117 Å². The first-order valence-corrected chi connectivity index (χ1v) is 16.7. The highest BCUT2D eigenvalue weighted by Gasteiger charge is 2.13.